The largest absolute Gasteiger partial charge is 0.309 e. The second-order valence-corrected chi connectivity index (χ2v) is 11.4. The molecule has 4 aromatic carbocycles. The number of hydrogen-bond acceptors (Lipinski definition) is 3. The highest BCUT2D eigenvalue weighted by atomic mass is 79.9. The number of amides is 2. The summed E-state index contributed by atoms with van der Waals surface area (Å²) in [5, 5.41) is 2.80. The van der Waals surface area contributed by atoms with Crippen LogP contribution in [0.25, 0.3) is 34.3 Å². The van der Waals surface area contributed by atoms with Crippen molar-refractivity contribution in [1.29, 1.82) is 0 Å². The molecule has 0 aliphatic carbocycles. The lowest BCUT2D eigenvalue weighted by Gasteiger charge is -2.30. The molecule has 0 unspecified atom stereocenters. The SMILES string of the molecule is Cc1ccc(N2C(=O)/C(=C\c3cc(-c4ccccc4)n(-c4ccc(Br)cc4)c3-c3ccccc3)C(=O)NC2=S)c(C)c1. The van der Waals surface area contributed by atoms with E-state index in [-0.39, 0.29) is 10.7 Å². The zero-order valence-electron chi connectivity index (χ0n) is 23.0. The molecule has 1 aliphatic rings. The minimum Gasteiger partial charge on any atom is -0.309 e. The molecule has 1 N–H and O–H groups in total. The van der Waals surface area contributed by atoms with E-state index >= 15 is 0 Å². The lowest BCUT2D eigenvalue weighted by molar-refractivity contribution is -0.122. The maximum Gasteiger partial charge on any atom is 0.270 e. The summed E-state index contributed by atoms with van der Waals surface area (Å²) in [5.74, 6) is -0.991. The molecule has 0 radical (unpaired) electrons. The number of aryl methyl sites for hydroxylation is 2. The van der Waals surface area contributed by atoms with E-state index in [1.165, 1.54) is 4.90 Å². The monoisotopic (exact) mass is 631 g/mol. The molecule has 7 heteroatoms. The number of thiocarbonyl (C=S) groups is 1. The van der Waals surface area contributed by atoms with E-state index < -0.39 is 11.8 Å². The average molecular weight is 633 g/mol. The molecule has 2 heterocycles. The zero-order valence-corrected chi connectivity index (χ0v) is 25.4. The summed E-state index contributed by atoms with van der Waals surface area (Å²) in [6, 6.07) is 35.9. The molecule has 1 aliphatic heterocycles. The molecular weight excluding hydrogens is 606 g/mol. The third-order valence-electron chi connectivity index (χ3n) is 7.23. The van der Waals surface area contributed by atoms with Gasteiger partial charge < -0.3 is 4.57 Å². The molecule has 1 fully saturated rings. The van der Waals surface area contributed by atoms with Crippen LogP contribution < -0.4 is 10.2 Å². The van der Waals surface area contributed by atoms with Crippen LogP contribution in [0.4, 0.5) is 5.69 Å². The summed E-state index contributed by atoms with van der Waals surface area (Å²) in [6.45, 7) is 3.92. The summed E-state index contributed by atoms with van der Waals surface area (Å²) in [4.78, 5) is 28.7. The summed E-state index contributed by atoms with van der Waals surface area (Å²) < 4.78 is 3.14. The second kappa shape index (κ2) is 11.4. The number of carbonyl (C=O) groups is 2. The van der Waals surface area contributed by atoms with E-state index in [0.29, 0.717) is 5.69 Å². The quantitative estimate of drug-likeness (QED) is 0.121. The fraction of sp³-hybridized carbons (Fsp3) is 0.0571. The second-order valence-electron chi connectivity index (χ2n) is 10.1. The molecule has 42 heavy (non-hydrogen) atoms. The third-order valence-corrected chi connectivity index (χ3v) is 8.04. The summed E-state index contributed by atoms with van der Waals surface area (Å²) >= 11 is 9.03. The van der Waals surface area contributed by atoms with Crippen LogP contribution >= 0.6 is 28.1 Å². The van der Waals surface area contributed by atoms with Crippen molar-refractivity contribution in [2.75, 3.05) is 4.90 Å². The Morgan fingerprint density at radius 2 is 1.43 bits per heavy atom. The molecule has 206 valence electrons. The Morgan fingerprint density at radius 1 is 0.786 bits per heavy atom. The molecular formula is C35H26BrN3O2S. The minimum atomic E-state index is -0.525. The summed E-state index contributed by atoms with van der Waals surface area (Å²) in [7, 11) is 0. The van der Waals surface area contributed by atoms with Crippen molar-refractivity contribution in [3.05, 3.63) is 136 Å². The number of hydrogen-bond donors (Lipinski definition) is 1. The van der Waals surface area contributed by atoms with E-state index in [1.807, 2.05) is 111 Å². The van der Waals surface area contributed by atoms with E-state index in [0.717, 1.165) is 49.4 Å². The van der Waals surface area contributed by atoms with Gasteiger partial charge in [0.2, 0.25) is 0 Å². The molecule has 1 saturated heterocycles. The number of anilines is 1. The van der Waals surface area contributed by atoms with Gasteiger partial charge in [-0.05, 0) is 85.2 Å². The van der Waals surface area contributed by atoms with E-state index in [4.69, 9.17) is 12.2 Å². The highest BCUT2D eigenvalue weighted by molar-refractivity contribution is 9.10. The maximum atomic E-state index is 14.0. The third kappa shape index (κ3) is 5.13. The first kappa shape index (κ1) is 27.6. The number of halogens is 1. The summed E-state index contributed by atoms with van der Waals surface area (Å²) in [5.41, 5.74) is 8.01. The fourth-order valence-electron chi connectivity index (χ4n) is 5.30. The number of nitrogens with one attached hydrogen (secondary N) is 1. The first-order valence-electron chi connectivity index (χ1n) is 13.4. The van der Waals surface area contributed by atoms with Crippen LogP contribution in [-0.2, 0) is 9.59 Å². The predicted octanol–water partition coefficient (Wildman–Crippen LogP) is 8.02. The highest BCUT2D eigenvalue weighted by Gasteiger charge is 2.35. The lowest BCUT2D eigenvalue weighted by atomic mass is 10.0. The van der Waals surface area contributed by atoms with Crippen LogP contribution in [0.3, 0.4) is 0 Å². The Bertz CT molecular complexity index is 1880. The van der Waals surface area contributed by atoms with Crippen LogP contribution in [0.1, 0.15) is 16.7 Å². The van der Waals surface area contributed by atoms with Gasteiger partial charge in [0.25, 0.3) is 11.8 Å². The van der Waals surface area contributed by atoms with Gasteiger partial charge in [0, 0.05) is 15.7 Å². The van der Waals surface area contributed by atoms with Crippen molar-refractivity contribution in [2.45, 2.75) is 13.8 Å². The first-order chi connectivity index (χ1) is 20.3. The van der Waals surface area contributed by atoms with Gasteiger partial charge in [-0.1, -0.05) is 94.3 Å². The Balaban J connectivity index is 1.60. The highest BCUT2D eigenvalue weighted by Crippen LogP contribution is 2.38. The van der Waals surface area contributed by atoms with Gasteiger partial charge >= 0.3 is 0 Å². The average Bonchev–Trinajstić information content (AvgIpc) is 3.37. The smallest absolute Gasteiger partial charge is 0.270 e. The molecule has 0 spiro atoms. The molecule has 0 saturated carbocycles. The first-order valence-corrected chi connectivity index (χ1v) is 14.6. The van der Waals surface area contributed by atoms with Crippen LogP contribution in [-0.4, -0.2) is 21.5 Å². The number of aromatic nitrogens is 1. The van der Waals surface area contributed by atoms with E-state index in [1.54, 1.807) is 6.08 Å². The van der Waals surface area contributed by atoms with Crippen LogP contribution in [0.2, 0.25) is 0 Å². The lowest BCUT2D eigenvalue weighted by Crippen LogP contribution is -2.54. The minimum absolute atomic E-state index is 0.00771. The van der Waals surface area contributed by atoms with Gasteiger partial charge in [0.15, 0.2) is 5.11 Å². The van der Waals surface area contributed by atoms with Crippen molar-refractivity contribution in [2.24, 2.45) is 0 Å². The molecule has 2 amide bonds. The van der Waals surface area contributed by atoms with Crippen LogP contribution in [0, 0.1) is 13.8 Å². The summed E-state index contributed by atoms with van der Waals surface area (Å²) in [6.07, 6.45) is 1.68. The Kier molecular flexibility index (Phi) is 7.45. The van der Waals surface area contributed by atoms with Gasteiger partial charge in [0.1, 0.15) is 5.57 Å². The Labute approximate surface area is 258 Å². The molecule has 0 bridgehead atoms. The Hall–Kier alpha value is -4.59. The molecule has 5 nitrogen and oxygen atoms in total. The molecule has 0 atom stereocenters. The molecule has 5 aromatic rings. The van der Waals surface area contributed by atoms with E-state index in [2.05, 4.69) is 37.9 Å². The maximum absolute atomic E-state index is 14.0. The van der Waals surface area contributed by atoms with Crippen LogP contribution in [0.5, 0.6) is 0 Å². The van der Waals surface area contributed by atoms with Gasteiger partial charge in [0.05, 0.1) is 17.1 Å². The number of nitrogens with zero attached hydrogens (tertiary/aromatic N) is 2. The number of rotatable bonds is 5. The van der Waals surface area contributed by atoms with Gasteiger partial charge in [-0.15, -0.1) is 0 Å². The zero-order chi connectivity index (χ0) is 29.4. The van der Waals surface area contributed by atoms with Crippen molar-refractivity contribution < 1.29 is 9.59 Å². The number of carbonyl (C=O) groups excluding carboxylic acids is 2. The van der Waals surface area contributed by atoms with E-state index in [9.17, 15) is 9.59 Å². The van der Waals surface area contributed by atoms with Crippen molar-refractivity contribution in [1.82, 2.24) is 9.88 Å². The van der Waals surface area contributed by atoms with Crippen molar-refractivity contribution >= 4 is 56.8 Å². The predicted molar refractivity (Wildman–Crippen MR) is 176 cm³/mol. The normalized spacial score (nSPS) is 14.4. The van der Waals surface area contributed by atoms with Gasteiger partial charge in [-0.2, -0.15) is 0 Å². The fourth-order valence-corrected chi connectivity index (χ4v) is 5.84. The number of benzene rings is 4. The topological polar surface area (TPSA) is 54.3 Å². The van der Waals surface area contributed by atoms with Gasteiger partial charge in [-0.3, -0.25) is 19.8 Å². The molecule has 1 aromatic heterocycles. The standard InChI is InChI=1S/C35H26BrN3O2S/c1-22-13-18-30(23(2)19-22)39-34(41)29(33(40)37-35(39)42)20-26-21-31(24-9-5-3-6-10-24)38(28-16-14-27(36)15-17-28)32(26)25-11-7-4-8-12-25/h3-21H,1-2H3,(H,37,40,42)/b29-20-. The van der Waals surface area contributed by atoms with Crippen molar-refractivity contribution in [3.8, 4) is 28.2 Å². The Morgan fingerprint density at radius 3 is 2.07 bits per heavy atom. The van der Waals surface area contributed by atoms with Gasteiger partial charge in [-0.25, -0.2) is 0 Å². The van der Waals surface area contributed by atoms with Crippen molar-refractivity contribution in [3.63, 3.8) is 0 Å². The molecule has 6 rings (SSSR count). The van der Waals surface area contributed by atoms with Crippen LogP contribution in [0.15, 0.2) is 119 Å².